The van der Waals surface area contributed by atoms with Gasteiger partial charge in [-0.15, -0.1) is 0 Å². The molecule has 2 aromatic rings. The van der Waals surface area contributed by atoms with Crippen LogP contribution >= 0.6 is 0 Å². The molecule has 2 rings (SSSR count). The first-order valence-electron chi connectivity index (χ1n) is 6.67. The van der Waals surface area contributed by atoms with Crippen molar-refractivity contribution in [2.45, 2.75) is 19.8 Å². The maximum atomic E-state index is 12.0. The summed E-state index contributed by atoms with van der Waals surface area (Å²) in [6, 6.07) is 9.12. The van der Waals surface area contributed by atoms with Gasteiger partial charge in [-0.3, -0.25) is 9.59 Å². The topological polar surface area (TPSA) is 84.2 Å². The summed E-state index contributed by atoms with van der Waals surface area (Å²) in [6.45, 7) is 1.74. The van der Waals surface area contributed by atoms with Crippen LogP contribution < -0.4 is 5.32 Å². The monoisotopic (exact) mass is 287 g/mol. The highest BCUT2D eigenvalue weighted by atomic mass is 16.4. The zero-order valence-corrected chi connectivity index (χ0v) is 11.7. The van der Waals surface area contributed by atoms with Crippen LogP contribution in [0.15, 0.2) is 42.7 Å². The Labute approximate surface area is 122 Å². The molecule has 1 amide bonds. The number of amides is 1. The van der Waals surface area contributed by atoms with Crippen LogP contribution in [0.5, 0.6) is 0 Å². The van der Waals surface area contributed by atoms with Gasteiger partial charge in [0.05, 0.1) is 11.4 Å². The molecule has 0 radical (unpaired) electrons. The fourth-order valence-electron chi connectivity index (χ4n) is 2.08. The summed E-state index contributed by atoms with van der Waals surface area (Å²) in [5, 5.41) is 15.7. The van der Waals surface area contributed by atoms with Crippen LogP contribution in [0.2, 0.25) is 0 Å². The predicted molar refractivity (Wildman–Crippen MR) is 78.2 cm³/mol. The van der Waals surface area contributed by atoms with Crippen molar-refractivity contribution in [2.75, 3.05) is 5.32 Å². The van der Waals surface area contributed by atoms with Gasteiger partial charge in [-0.25, -0.2) is 4.68 Å². The van der Waals surface area contributed by atoms with Crippen LogP contribution in [0.3, 0.4) is 0 Å². The van der Waals surface area contributed by atoms with Gasteiger partial charge in [0.15, 0.2) is 0 Å². The highest BCUT2D eigenvalue weighted by molar-refractivity contribution is 5.93. The Hall–Kier alpha value is -2.63. The van der Waals surface area contributed by atoms with Crippen molar-refractivity contribution in [3.8, 4) is 5.69 Å². The van der Waals surface area contributed by atoms with Crippen LogP contribution in [0.25, 0.3) is 5.69 Å². The molecule has 2 N–H and O–H groups in total. The van der Waals surface area contributed by atoms with Gasteiger partial charge in [0, 0.05) is 25.2 Å². The molecule has 6 heteroatoms. The molecule has 0 spiro atoms. The van der Waals surface area contributed by atoms with Crippen molar-refractivity contribution in [2.24, 2.45) is 5.92 Å². The lowest BCUT2D eigenvalue weighted by atomic mass is 10.0. The second kappa shape index (κ2) is 6.69. The molecule has 6 nitrogen and oxygen atoms in total. The quantitative estimate of drug-likeness (QED) is 0.854. The largest absolute Gasteiger partial charge is 0.481 e. The molecule has 1 aromatic heterocycles. The van der Waals surface area contributed by atoms with Crippen molar-refractivity contribution in [3.63, 3.8) is 0 Å². The summed E-state index contributed by atoms with van der Waals surface area (Å²) in [7, 11) is 0. The van der Waals surface area contributed by atoms with E-state index in [4.69, 9.17) is 5.11 Å². The van der Waals surface area contributed by atoms with Gasteiger partial charge in [-0.05, 0) is 24.1 Å². The summed E-state index contributed by atoms with van der Waals surface area (Å²) in [6.07, 6.45) is 3.60. The number of anilines is 1. The Kier molecular flexibility index (Phi) is 4.71. The highest BCUT2D eigenvalue weighted by Crippen LogP contribution is 2.20. The molecule has 0 aliphatic rings. The molecular formula is C15H17N3O3. The SMILES string of the molecule is CC(CC(=O)O)CC(=O)Nc1ccccc1-n1cccn1. The first kappa shape index (κ1) is 14.8. The van der Waals surface area contributed by atoms with E-state index in [-0.39, 0.29) is 24.7 Å². The second-order valence-electron chi connectivity index (χ2n) is 4.92. The van der Waals surface area contributed by atoms with E-state index in [0.29, 0.717) is 5.69 Å². The standard InChI is InChI=1S/C15H17N3O3/c1-11(10-15(20)21)9-14(19)17-12-5-2-3-6-13(12)18-8-4-7-16-18/h2-8,11H,9-10H2,1H3,(H,17,19)(H,20,21). The van der Waals surface area contributed by atoms with Gasteiger partial charge in [-0.2, -0.15) is 5.10 Å². The number of carboxylic acids is 1. The smallest absolute Gasteiger partial charge is 0.303 e. The Balaban J connectivity index is 2.06. The Morgan fingerprint density at radius 2 is 2.05 bits per heavy atom. The van der Waals surface area contributed by atoms with E-state index < -0.39 is 5.97 Å². The predicted octanol–water partition coefficient (Wildman–Crippen LogP) is 2.31. The van der Waals surface area contributed by atoms with Gasteiger partial charge in [0.1, 0.15) is 0 Å². The molecule has 1 aromatic carbocycles. The first-order chi connectivity index (χ1) is 10.1. The van der Waals surface area contributed by atoms with Crippen molar-refractivity contribution >= 4 is 17.6 Å². The average molecular weight is 287 g/mol. The number of hydrogen-bond acceptors (Lipinski definition) is 3. The summed E-state index contributed by atoms with van der Waals surface area (Å²) < 4.78 is 1.66. The van der Waals surface area contributed by atoms with Crippen molar-refractivity contribution < 1.29 is 14.7 Å². The summed E-state index contributed by atoms with van der Waals surface area (Å²) >= 11 is 0. The van der Waals surface area contributed by atoms with Crippen LogP contribution in [0.4, 0.5) is 5.69 Å². The molecule has 1 unspecified atom stereocenters. The zero-order valence-electron chi connectivity index (χ0n) is 11.7. The van der Waals surface area contributed by atoms with E-state index in [9.17, 15) is 9.59 Å². The third-order valence-corrected chi connectivity index (χ3v) is 2.99. The minimum atomic E-state index is -0.896. The van der Waals surface area contributed by atoms with Crippen LogP contribution in [-0.2, 0) is 9.59 Å². The van der Waals surface area contributed by atoms with E-state index in [1.54, 1.807) is 36.1 Å². The van der Waals surface area contributed by atoms with Gasteiger partial charge in [0.25, 0.3) is 0 Å². The number of aromatic nitrogens is 2. The molecule has 0 saturated heterocycles. The summed E-state index contributed by atoms with van der Waals surface area (Å²) in [5.41, 5.74) is 1.41. The van der Waals surface area contributed by atoms with Crippen molar-refractivity contribution in [1.29, 1.82) is 0 Å². The number of para-hydroxylation sites is 2. The highest BCUT2D eigenvalue weighted by Gasteiger charge is 2.14. The number of carbonyl (C=O) groups excluding carboxylic acids is 1. The molecule has 0 saturated carbocycles. The molecule has 0 bridgehead atoms. The number of nitrogens with one attached hydrogen (secondary N) is 1. The van der Waals surface area contributed by atoms with Gasteiger partial charge in [-0.1, -0.05) is 19.1 Å². The lowest BCUT2D eigenvalue weighted by molar-refractivity contribution is -0.138. The van der Waals surface area contributed by atoms with E-state index in [0.717, 1.165) is 5.69 Å². The second-order valence-corrected chi connectivity index (χ2v) is 4.92. The van der Waals surface area contributed by atoms with Crippen molar-refractivity contribution in [3.05, 3.63) is 42.7 Å². The number of carboxylic acid groups (broad SMARTS) is 1. The van der Waals surface area contributed by atoms with E-state index in [1.807, 2.05) is 18.2 Å². The van der Waals surface area contributed by atoms with Crippen LogP contribution in [0.1, 0.15) is 19.8 Å². The number of carbonyl (C=O) groups is 2. The number of benzene rings is 1. The molecule has 110 valence electrons. The van der Waals surface area contributed by atoms with Gasteiger partial charge in [0.2, 0.25) is 5.91 Å². The summed E-state index contributed by atoms with van der Waals surface area (Å²) in [5.74, 6) is -1.31. The van der Waals surface area contributed by atoms with E-state index in [1.165, 1.54) is 0 Å². The number of rotatable bonds is 6. The molecular weight excluding hydrogens is 270 g/mol. The Morgan fingerprint density at radius 1 is 1.29 bits per heavy atom. The Bertz CT molecular complexity index is 623. The van der Waals surface area contributed by atoms with E-state index in [2.05, 4.69) is 10.4 Å². The third-order valence-electron chi connectivity index (χ3n) is 2.99. The lowest BCUT2D eigenvalue weighted by Gasteiger charge is -2.12. The Morgan fingerprint density at radius 3 is 2.71 bits per heavy atom. The third kappa shape index (κ3) is 4.17. The molecule has 0 fully saturated rings. The molecule has 1 atom stereocenters. The fraction of sp³-hybridized carbons (Fsp3) is 0.267. The minimum Gasteiger partial charge on any atom is -0.481 e. The van der Waals surface area contributed by atoms with Crippen LogP contribution in [-0.4, -0.2) is 26.8 Å². The first-order valence-corrected chi connectivity index (χ1v) is 6.67. The number of aliphatic carboxylic acids is 1. The minimum absolute atomic E-state index is 0.0196. The van der Waals surface area contributed by atoms with Crippen molar-refractivity contribution in [1.82, 2.24) is 9.78 Å². The number of nitrogens with zero attached hydrogens (tertiary/aromatic N) is 2. The maximum absolute atomic E-state index is 12.0. The van der Waals surface area contributed by atoms with Gasteiger partial charge < -0.3 is 10.4 Å². The zero-order chi connectivity index (χ0) is 15.2. The molecule has 21 heavy (non-hydrogen) atoms. The van der Waals surface area contributed by atoms with E-state index >= 15 is 0 Å². The molecule has 0 aliphatic carbocycles. The summed E-state index contributed by atoms with van der Waals surface area (Å²) in [4.78, 5) is 22.6. The van der Waals surface area contributed by atoms with Crippen LogP contribution in [0, 0.1) is 5.92 Å². The van der Waals surface area contributed by atoms with Gasteiger partial charge >= 0.3 is 5.97 Å². The normalized spacial score (nSPS) is 11.9. The number of hydrogen-bond donors (Lipinski definition) is 2. The maximum Gasteiger partial charge on any atom is 0.303 e. The fourth-order valence-corrected chi connectivity index (χ4v) is 2.08. The average Bonchev–Trinajstić information content (AvgIpc) is 2.91. The lowest BCUT2D eigenvalue weighted by Crippen LogP contribution is -2.18. The molecule has 0 aliphatic heterocycles. The molecule has 1 heterocycles.